The average Bonchev–Trinajstić information content (AvgIpc) is 3.62. The molecule has 53 heavy (non-hydrogen) atoms. The van der Waals surface area contributed by atoms with Crippen LogP contribution in [0.3, 0.4) is 0 Å². The Morgan fingerprint density at radius 2 is 1.11 bits per heavy atom. The first kappa shape index (κ1) is 31.2. The molecule has 11 rings (SSSR count). The molecular formula is C52H44O. The van der Waals surface area contributed by atoms with Gasteiger partial charge in [0.15, 0.2) is 0 Å². The van der Waals surface area contributed by atoms with Gasteiger partial charge in [-0.2, -0.15) is 0 Å². The third kappa shape index (κ3) is 5.19. The van der Waals surface area contributed by atoms with Crippen LogP contribution in [-0.2, 0) is 0 Å². The van der Waals surface area contributed by atoms with E-state index in [0.29, 0.717) is 53.3 Å². The van der Waals surface area contributed by atoms with E-state index in [-0.39, 0.29) is 0 Å². The second-order valence-corrected chi connectivity index (χ2v) is 16.3. The highest BCUT2D eigenvalue weighted by atomic mass is 16.3. The first-order chi connectivity index (χ1) is 26.3. The maximum atomic E-state index is 7.07. The summed E-state index contributed by atoms with van der Waals surface area (Å²) >= 11 is 0. The lowest BCUT2D eigenvalue weighted by molar-refractivity contribution is 0.228. The van der Waals surface area contributed by atoms with E-state index in [2.05, 4.69) is 176 Å². The van der Waals surface area contributed by atoms with E-state index in [4.69, 9.17) is 4.42 Å². The van der Waals surface area contributed by atoms with Crippen molar-refractivity contribution in [2.45, 2.75) is 31.1 Å². The molecule has 0 spiro atoms. The summed E-state index contributed by atoms with van der Waals surface area (Å²) in [6.45, 7) is 0. The molecule has 1 aromatic heterocycles. The topological polar surface area (TPSA) is 13.1 Å². The van der Waals surface area contributed by atoms with Gasteiger partial charge in [0.2, 0.25) is 0 Å². The summed E-state index contributed by atoms with van der Waals surface area (Å²) < 4.78 is 7.07. The molecule has 1 heterocycles. The molecule has 0 amide bonds. The molecule has 1 fully saturated rings. The Morgan fingerprint density at radius 3 is 1.96 bits per heavy atom. The van der Waals surface area contributed by atoms with Crippen molar-refractivity contribution < 1.29 is 4.42 Å². The number of rotatable bonds is 4. The highest BCUT2D eigenvalue weighted by molar-refractivity contribution is 6.19. The fourth-order valence-corrected chi connectivity index (χ4v) is 11.0. The van der Waals surface area contributed by atoms with Crippen molar-refractivity contribution in [1.29, 1.82) is 0 Å². The molecule has 0 N–H and O–H groups in total. The van der Waals surface area contributed by atoms with Gasteiger partial charge in [0.1, 0.15) is 11.2 Å². The molecule has 9 unspecified atom stereocenters. The predicted octanol–water partition coefficient (Wildman–Crippen LogP) is 13.5. The van der Waals surface area contributed by atoms with Gasteiger partial charge in [-0.1, -0.05) is 170 Å². The number of furan rings is 1. The minimum atomic E-state index is 0.394. The number of fused-ring (bicyclic) bond motifs is 10. The standard InChI is InChI=1S/C52H44O/c1-3-12-33(13-4-1)38-29-39(36-23-25-42-37(28-36)24-27-45-41-17-8-7-16-35(41)22-26-46(42)45)31-40(30-38)43-20-11-21-48-50-32-49(34-14-5-2-6-15-34)44-18-9-10-19-47(44)52(50)53-51(43)48/h1-28,32,35,37-42,45-46H,29-31H2. The number of para-hydroxylation sites is 1. The SMILES string of the molecule is C1=CC2C=CC3C4C=CC(C5CC(c6ccccc6)CC(c6cccc7c6oc6c8ccccc8c(-c8ccccc8)cc76)C5)=CC4C=CC3C2C=C1. The van der Waals surface area contributed by atoms with Crippen molar-refractivity contribution in [2.24, 2.45) is 41.4 Å². The van der Waals surface area contributed by atoms with Gasteiger partial charge < -0.3 is 4.42 Å². The van der Waals surface area contributed by atoms with Gasteiger partial charge in [-0.3, -0.25) is 0 Å². The van der Waals surface area contributed by atoms with Crippen LogP contribution < -0.4 is 0 Å². The zero-order valence-corrected chi connectivity index (χ0v) is 30.0. The molecule has 1 heteroatoms. The summed E-state index contributed by atoms with van der Waals surface area (Å²) in [5, 5.41) is 4.86. The molecule has 5 aliphatic carbocycles. The lowest BCUT2D eigenvalue weighted by Crippen LogP contribution is -2.38. The molecule has 5 aliphatic rings. The maximum Gasteiger partial charge on any atom is 0.143 e. The van der Waals surface area contributed by atoms with Crippen LogP contribution in [-0.4, -0.2) is 0 Å². The Hall–Kier alpha value is -5.40. The van der Waals surface area contributed by atoms with Gasteiger partial charge in [0, 0.05) is 28.0 Å². The van der Waals surface area contributed by atoms with E-state index in [1.54, 1.807) is 0 Å². The van der Waals surface area contributed by atoms with Crippen molar-refractivity contribution in [3.63, 3.8) is 0 Å². The van der Waals surface area contributed by atoms with Gasteiger partial charge in [-0.15, -0.1) is 0 Å². The lowest BCUT2D eigenvalue weighted by atomic mass is 9.59. The minimum Gasteiger partial charge on any atom is -0.455 e. The minimum absolute atomic E-state index is 0.394. The quantitative estimate of drug-likeness (QED) is 0.169. The summed E-state index contributed by atoms with van der Waals surface area (Å²) in [7, 11) is 0. The molecule has 0 bridgehead atoms. The van der Waals surface area contributed by atoms with E-state index in [1.165, 1.54) is 55.8 Å². The number of hydrogen-bond donors (Lipinski definition) is 0. The molecule has 0 saturated heterocycles. The lowest BCUT2D eigenvalue weighted by Gasteiger charge is -2.45. The van der Waals surface area contributed by atoms with E-state index in [9.17, 15) is 0 Å². The molecule has 6 aromatic rings. The smallest absolute Gasteiger partial charge is 0.143 e. The van der Waals surface area contributed by atoms with Crippen molar-refractivity contribution >= 4 is 32.7 Å². The van der Waals surface area contributed by atoms with Crippen LogP contribution in [0, 0.1) is 41.4 Å². The summed E-state index contributed by atoms with van der Waals surface area (Å²) in [6.07, 6.45) is 30.7. The molecule has 0 radical (unpaired) electrons. The van der Waals surface area contributed by atoms with Crippen LogP contribution in [0.4, 0.5) is 0 Å². The van der Waals surface area contributed by atoms with Crippen molar-refractivity contribution in [3.8, 4) is 11.1 Å². The molecule has 258 valence electrons. The Bertz CT molecular complexity index is 2540. The largest absolute Gasteiger partial charge is 0.455 e. The Kier molecular flexibility index (Phi) is 7.42. The molecule has 0 aliphatic heterocycles. The first-order valence-electron chi connectivity index (χ1n) is 19.9. The summed E-state index contributed by atoms with van der Waals surface area (Å²) in [5.41, 5.74) is 8.94. The normalized spacial score (nSPS) is 30.0. The third-order valence-corrected chi connectivity index (χ3v) is 13.5. The van der Waals surface area contributed by atoms with Crippen LogP contribution >= 0.6 is 0 Å². The summed E-state index contributed by atoms with van der Waals surface area (Å²) in [5.74, 6) is 4.65. The second kappa shape index (κ2) is 12.6. The highest BCUT2D eigenvalue weighted by Crippen LogP contribution is 2.53. The first-order valence-corrected chi connectivity index (χ1v) is 19.9. The Balaban J connectivity index is 0.984. The van der Waals surface area contributed by atoms with Crippen LogP contribution in [0.2, 0.25) is 0 Å². The molecule has 9 atom stereocenters. The number of allylic oxidation sites excluding steroid dienone is 12. The molecule has 5 aromatic carbocycles. The summed E-state index contributed by atoms with van der Waals surface area (Å²) in [4.78, 5) is 0. The second-order valence-electron chi connectivity index (χ2n) is 16.3. The zero-order valence-electron chi connectivity index (χ0n) is 30.0. The van der Waals surface area contributed by atoms with Crippen LogP contribution in [0.1, 0.15) is 42.2 Å². The molecule has 1 saturated carbocycles. The fourth-order valence-electron chi connectivity index (χ4n) is 11.0. The molecule has 1 nitrogen and oxygen atoms in total. The van der Waals surface area contributed by atoms with Crippen LogP contribution in [0.15, 0.2) is 186 Å². The summed E-state index contributed by atoms with van der Waals surface area (Å²) in [6, 6.07) is 40.2. The number of benzene rings is 5. The van der Waals surface area contributed by atoms with E-state index in [0.717, 1.165) is 24.0 Å². The van der Waals surface area contributed by atoms with Gasteiger partial charge in [0.25, 0.3) is 0 Å². The van der Waals surface area contributed by atoms with Gasteiger partial charge in [0.05, 0.1) is 0 Å². The Labute approximate surface area is 312 Å². The predicted molar refractivity (Wildman–Crippen MR) is 221 cm³/mol. The van der Waals surface area contributed by atoms with E-state index in [1.807, 2.05) is 0 Å². The van der Waals surface area contributed by atoms with Crippen LogP contribution in [0.25, 0.3) is 43.8 Å². The average molecular weight is 685 g/mol. The van der Waals surface area contributed by atoms with Crippen molar-refractivity contribution in [3.05, 3.63) is 193 Å². The fraction of sp³-hybridized carbons (Fsp3) is 0.231. The van der Waals surface area contributed by atoms with E-state index < -0.39 is 0 Å². The van der Waals surface area contributed by atoms with Gasteiger partial charge in [-0.25, -0.2) is 0 Å². The molecular weight excluding hydrogens is 641 g/mol. The Morgan fingerprint density at radius 1 is 0.453 bits per heavy atom. The monoisotopic (exact) mass is 684 g/mol. The maximum absolute atomic E-state index is 7.07. The third-order valence-electron chi connectivity index (χ3n) is 13.5. The van der Waals surface area contributed by atoms with Crippen LogP contribution in [0.5, 0.6) is 0 Å². The van der Waals surface area contributed by atoms with Crippen molar-refractivity contribution in [1.82, 2.24) is 0 Å². The van der Waals surface area contributed by atoms with Gasteiger partial charge in [-0.05, 0) is 100.0 Å². The number of hydrogen-bond acceptors (Lipinski definition) is 1. The zero-order chi connectivity index (χ0) is 34.9. The van der Waals surface area contributed by atoms with Crippen molar-refractivity contribution in [2.75, 3.05) is 0 Å². The van der Waals surface area contributed by atoms with E-state index >= 15 is 0 Å². The van der Waals surface area contributed by atoms with Gasteiger partial charge >= 0.3 is 0 Å². The highest BCUT2D eigenvalue weighted by Gasteiger charge is 2.42.